The molecule has 0 saturated carbocycles. The summed E-state index contributed by atoms with van der Waals surface area (Å²) >= 11 is 6.93. The average molecular weight is 412 g/mol. The van der Waals surface area contributed by atoms with Gasteiger partial charge in [-0.05, 0) is 66.9 Å². The number of carbonyl (C=O) groups excluding carboxylic acids is 1. The van der Waals surface area contributed by atoms with Crippen LogP contribution in [0.25, 0.3) is 0 Å². The Morgan fingerprint density at radius 3 is 2.68 bits per heavy atom. The maximum Gasteiger partial charge on any atom is 0.257 e. The molecule has 1 atom stereocenters. The summed E-state index contributed by atoms with van der Waals surface area (Å²) in [6, 6.07) is 9.70. The predicted octanol–water partition coefficient (Wildman–Crippen LogP) is 5.21. The number of aryl methyl sites for hydroxylation is 1. The predicted molar refractivity (Wildman–Crippen MR) is 119 cm³/mol. The minimum Gasteiger partial charge on any atom is -0.323 e. The van der Waals surface area contributed by atoms with Crippen molar-refractivity contribution >= 4 is 39.6 Å². The molecule has 0 aliphatic heterocycles. The van der Waals surface area contributed by atoms with E-state index in [9.17, 15) is 10.1 Å². The Kier molecular flexibility index (Phi) is 5.87. The second-order valence-corrected chi connectivity index (χ2v) is 9.86. The monoisotopic (exact) mass is 411 g/mol. The molecule has 1 aliphatic rings. The second kappa shape index (κ2) is 8.02. The van der Waals surface area contributed by atoms with Crippen LogP contribution in [0.1, 0.15) is 59.1 Å². The van der Waals surface area contributed by atoms with E-state index in [-0.39, 0.29) is 16.4 Å². The van der Waals surface area contributed by atoms with E-state index in [0.29, 0.717) is 17.0 Å². The number of carbonyl (C=O) groups is 1. The first-order valence-corrected chi connectivity index (χ1v) is 10.7. The summed E-state index contributed by atoms with van der Waals surface area (Å²) in [5, 5.41) is 16.5. The molecule has 6 heteroatoms. The number of hydrogen-bond donors (Lipinski definition) is 2. The van der Waals surface area contributed by atoms with E-state index in [1.165, 1.54) is 4.88 Å². The van der Waals surface area contributed by atoms with Crippen LogP contribution in [0.15, 0.2) is 24.3 Å². The van der Waals surface area contributed by atoms with Gasteiger partial charge in [0.1, 0.15) is 11.1 Å². The normalized spacial score (nSPS) is 16.0. The molecule has 1 aromatic heterocycles. The zero-order chi connectivity index (χ0) is 20.5. The fourth-order valence-corrected chi connectivity index (χ4v) is 5.21. The maximum absolute atomic E-state index is 12.5. The first kappa shape index (κ1) is 20.5. The molecule has 0 unspecified atom stereocenters. The zero-order valence-electron chi connectivity index (χ0n) is 16.7. The van der Waals surface area contributed by atoms with Crippen molar-refractivity contribution in [3.8, 4) is 6.07 Å². The van der Waals surface area contributed by atoms with Crippen LogP contribution in [0.5, 0.6) is 0 Å². The summed E-state index contributed by atoms with van der Waals surface area (Å²) in [4.78, 5) is 13.7. The number of rotatable bonds is 2. The molecule has 0 spiro atoms. The summed E-state index contributed by atoms with van der Waals surface area (Å²) in [5.74, 6) is 0.356. The smallest absolute Gasteiger partial charge is 0.257 e. The van der Waals surface area contributed by atoms with Crippen molar-refractivity contribution in [2.45, 2.75) is 47.0 Å². The van der Waals surface area contributed by atoms with Crippen LogP contribution >= 0.6 is 23.6 Å². The molecule has 2 N–H and O–H groups in total. The van der Waals surface area contributed by atoms with Gasteiger partial charge in [0.05, 0.1) is 5.56 Å². The van der Waals surface area contributed by atoms with Crippen molar-refractivity contribution in [3.63, 3.8) is 0 Å². The van der Waals surface area contributed by atoms with E-state index >= 15 is 0 Å². The van der Waals surface area contributed by atoms with Gasteiger partial charge in [-0.1, -0.05) is 39.0 Å². The number of benzene rings is 1. The molecular formula is C22H25N3OS2. The van der Waals surface area contributed by atoms with E-state index in [1.807, 2.05) is 25.1 Å². The van der Waals surface area contributed by atoms with Gasteiger partial charge in [0, 0.05) is 10.4 Å². The molecule has 3 rings (SSSR count). The lowest BCUT2D eigenvalue weighted by Gasteiger charge is -2.33. The summed E-state index contributed by atoms with van der Waals surface area (Å²) in [6.45, 7) is 8.71. The van der Waals surface area contributed by atoms with E-state index < -0.39 is 0 Å². The Hall–Kier alpha value is -2.23. The lowest BCUT2D eigenvalue weighted by atomic mass is 9.72. The van der Waals surface area contributed by atoms with E-state index in [1.54, 1.807) is 17.4 Å². The summed E-state index contributed by atoms with van der Waals surface area (Å²) < 4.78 is 0. The molecule has 1 aromatic carbocycles. The number of thiocarbonyl (C=S) groups is 1. The summed E-state index contributed by atoms with van der Waals surface area (Å²) in [6.07, 6.45) is 3.00. The summed E-state index contributed by atoms with van der Waals surface area (Å²) in [5.41, 5.74) is 3.54. The van der Waals surface area contributed by atoms with Crippen LogP contribution in [0.2, 0.25) is 0 Å². The van der Waals surface area contributed by atoms with Gasteiger partial charge in [0.2, 0.25) is 0 Å². The van der Waals surface area contributed by atoms with Crippen LogP contribution < -0.4 is 10.6 Å². The second-order valence-electron chi connectivity index (χ2n) is 8.35. The van der Waals surface area contributed by atoms with Crippen molar-refractivity contribution in [1.82, 2.24) is 5.32 Å². The van der Waals surface area contributed by atoms with Gasteiger partial charge in [0.25, 0.3) is 5.91 Å². The Bertz CT molecular complexity index is 963. The molecule has 1 amide bonds. The Labute approximate surface area is 176 Å². The molecule has 0 radical (unpaired) electrons. The SMILES string of the molecule is Cc1ccccc1C(=O)NC(=S)Nc1sc2c(c1C#N)CC[C@H](C(C)(C)C)C2. The number of nitrogens with zero attached hydrogens (tertiary/aromatic N) is 1. The lowest BCUT2D eigenvalue weighted by Crippen LogP contribution is -2.34. The van der Waals surface area contributed by atoms with Crippen LogP contribution in [-0.2, 0) is 12.8 Å². The van der Waals surface area contributed by atoms with Crippen molar-refractivity contribution in [2.75, 3.05) is 5.32 Å². The average Bonchev–Trinajstić information content (AvgIpc) is 2.97. The fraction of sp³-hybridized carbons (Fsp3) is 0.409. The third kappa shape index (κ3) is 4.26. The first-order valence-electron chi connectivity index (χ1n) is 9.43. The fourth-order valence-electron chi connectivity index (χ4n) is 3.66. The molecule has 1 aliphatic carbocycles. The topological polar surface area (TPSA) is 64.9 Å². The third-order valence-corrected chi connectivity index (χ3v) is 6.82. The molecule has 0 saturated heterocycles. The maximum atomic E-state index is 12.5. The highest BCUT2D eigenvalue weighted by Crippen LogP contribution is 2.43. The van der Waals surface area contributed by atoms with E-state index in [4.69, 9.17) is 12.2 Å². The lowest BCUT2D eigenvalue weighted by molar-refractivity contribution is 0.0977. The zero-order valence-corrected chi connectivity index (χ0v) is 18.3. The van der Waals surface area contributed by atoms with Crippen LogP contribution in [0.4, 0.5) is 5.00 Å². The number of anilines is 1. The number of amides is 1. The quantitative estimate of drug-likeness (QED) is 0.666. The van der Waals surface area contributed by atoms with Crippen molar-refractivity contribution in [1.29, 1.82) is 5.26 Å². The van der Waals surface area contributed by atoms with Gasteiger partial charge < -0.3 is 5.32 Å². The molecule has 0 bridgehead atoms. The molecule has 0 fully saturated rings. The van der Waals surface area contributed by atoms with Gasteiger partial charge in [-0.25, -0.2) is 0 Å². The molecule has 146 valence electrons. The van der Waals surface area contributed by atoms with Gasteiger partial charge >= 0.3 is 0 Å². The van der Waals surface area contributed by atoms with Gasteiger partial charge in [-0.3, -0.25) is 10.1 Å². The molecule has 28 heavy (non-hydrogen) atoms. The number of nitrogens with one attached hydrogen (secondary N) is 2. The highest BCUT2D eigenvalue weighted by molar-refractivity contribution is 7.80. The Morgan fingerprint density at radius 2 is 2.04 bits per heavy atom. The molecule has 2 aromatic rings. The number of fused-ring (bicyclic) bond motifs is 1. The van der Waals surface area contributed by atoms with Gasteiger partial charge in [-0.2, -0.15) is 5.26 Å². The van der Waals surface area contributed by atoms with Crippen LogP contribution in [0, 0.1) is 29.6 Å². The number of nitriles is 1. The number of thiophene rings is 1. The van der Waals surface area contributed by atoms with Crippen LogP contribution in [0.3, 0.4) is 0 Å². The summed E-state index contributed by atoms with van der Waals surface area (Å²) in [7, 11) is 0. The van der Waals surface area contributed by atoms with Crippen LogP contribution in [-0.4, -0.2) is 11.0 Å². The standard InChI is InChI=1S/C22H25N3OS2/c1-13-7-5-6-8-15(13)19(26)24-21(27)25-20-17(12-23)16-10-9-14(22(2,3)4)11-18(16)28-20/h5-8,14H,9-11H2,1-4H3,(H2,24,25,26,27)/t14-/m0/s1. The largest absolute Gasteiger partial charge is 0.323 e. The highest BCUT2D eigenvalue weighted by Gasteiger charge is 2.32. The minimum atomic E-state index is -0.247. The minimum absolute atomic E-state index is 0.218. The third-order valence-electron chi connectivity index (χ3n) is 5.45. The Balaban J connectivity index is 1.75. The van der Waals surface area contributed by atoms with Crippen molar-refractivity contribution in [2.24, 2.45) is 11.3 Å². The van der Waals surface area contributed by atoms with E-state index in [0.717, 1.165) is 35.4 Å². The molecular weight excluding hydrogens is 386 g/mol. The van der Waals surface area contributed by atoms with Gasteiger partial charge in [-0.15, -0.1) is 11.3 Å². The first-order chi connectivity index (χ1) is 13.2. The molecule has 1 heterocycles. The molecule has 4 nitrogen and oxygen atoms in total. The van der Waals surface area contributed by atoms with Gasteiger partial charge in [0.15, 0.2) is 5.11 Å². The highest BCUT2D eigenvalue weighted by atomic mass is 32.1. The van der Waals surface area contributed by atoms with Crippen molar-refractivity contribution < 1.29 is 4.79 Å². The van der Waals surface area contributed by atoms with E-state index in [2.05, 4.69) is 37.5 Å². The Morgan fingerprint density at radius 1 is 1.32 bits per heavy atom. The number of hydrogen-bond acceptors (Lipinski definition) is 4. The van der Waals surface area contributed by atoms with Crippen molar-refractivity contribution in [3.05, 3.63) is 51.4 Å².